The molecule has 18 heavy (non-hydrogen) atoms. The van der Waals surface area contributed by atoms with Crippen LogP contribution in [0.5, 0.6) is 0 Å². The van der Waals surface area contributed by atoms with Gasteiger partial charge in [0.05, 0.1) is 5.69 Å². The number of benzene rings is 2. The Labute approximate surface area is 106 Å². The number of hydrogen-bond donors (Lipinski definition) is 0. The third-order valence-corrected chi connectivity index (χ3v) is 3.19. The van der Waals surface area contributed by atoms with Gasteiger partial charge in [0.15, 0.2) is 0 Å². The molecule has 1 aliphatic rings. The van der Waals surface area contributed by atoms with Gasteiger partial charge in [-0.2, -0.15) is 5.10 Å². The maximum atomic E-state index is 11.9. The van der Waals surface area contributed by atoms with E-state index in [2.05, 4.69) is 11.2 Å². The number of fused-ring (bicyclic) bond motifs is 1. The average Bonchev–Trinajstić information content (AvgIpc) is 2.41. The molecule has 0 atom stereocenters. The highest BCUT2D eigenvalue weighted by molar-refractivity contribution is 6.02. The van der Waals surface area contributed by atoms with Gasteiger partial charge in [-0.15, -0.1) is 0 Å². The van der Waals surface area contributed by atoms with E-state index in [9.17, 15) is 4.79 Å². The maximum Gasteiger partial charge on any atom is 0.247 e. The lowest BCUT2D eigenvalue weighted by atomic mass is 10.1. The van der Waals surface area contributed by atoms with Crippen molar-refractivity contribution < 1.29 is 4.79 Å². The Hall–Kier alpha value is -2.16. The van der Waals surface area contributed by atoms with Gasteiger partial charge in [0.25, 0.3) is 0 Å². The molecule has 0 saturated carbocycles. The lowest BCUT2D eigenvalue weighted by molar-refractivity contribution is -0.118. The van der Waals surface area contributed by atoms with Gasteiger partial charge in [0.1, 0.15) is 0 Å². The highest BCUT2D eigenvalue weighted by Gasteiger charge is 2.19. The molecule has 0 radical (unpaired) electrons. The number of carbonyl (C=O) groups is 1. The smallest absolute Gasteiger partial charge is 0.247 e. The molecule has 0 spiro atoms. The van der Waals surface area contributed by atoms with Crippen LogP contribution in [-0.2, 0) is 4.79 Å². The number of carbonyl (C=O) groups excluding carboxylic acids is 1. The molecule has 0 aliphatic carbocycles. The number of nitrogens with zero attached hydrogens (tertiary/aromatic N) is 2. The molecule has 1 amide bonds. The highest BCUT2D eigenvalue weighted by Crippen LogP contribution is 2.24. The van der Waals surface area contributed by atoms with Crippen LogP contribution in [0.25, 0.3) is 10.8 Å². The normalized spacial score (nSPS) is 15.9. The quantitative estimate of drug-likeness (QED) is 0.750. The van der Waals surface area contributed by atoms with Gasteiger partial charge >= 0.3 is 0 Å². The zero-order chi connectivity index (χ0) is 12.5. The van der Waals surface area contributed by atoms with Gasteiger partial charge in [-0.05, 0) is 36.2 Å². The molecule has 0 saturated heterocycles. The van der Waals surface area contributed by atoms with Crippen molar-refractivity contribution in [3.05, 3.63) is 42.5 Å². The molecule has 0 fully saturated rings. The van der Waals surface area contributed by atoms with Crippen LogP contribution in [0.15, 0.2) is 47.6 Å². The maximum absolute atomic E-state index is 11.9. The van der Waals surface area contributed by atoms with Crippen LogP contribution < -0.4 is 5.01 Å². The van der Waals surface area contributed by atoms with Gasteiger partial charge < -0.3 is 0 Å². The summed E-state index contributed by atoms with van der Waals surface area (Å²) in [4.78, 5) is 11.9. The topological polar surface area (TPSA) is 32.7 Å². The molecule has 0 aromatic heterocycles. The van der Waals surface area contributed by atoms with E-state index < -0.39 is 0 Å². The molecule has 0 N–H and O–H groups in total. The van der Waals surface area contributed by atoms with Gasteiger partial charge in [-0.1, -0.05) is 30.3 Å². The summed E-state index contributed by atoms with van der Waals surface area (Å²) >= 11 is 0. The van der Waals surface area contributed by atoms with Gasteiger partial charge in [-0.25, -0.2) is 5.01 Å². The van der Waals surface area contributed by atoms with E-state index in [1.807, 2.05) is 43.3 Å². The van der Waals surface area contributed by atoms with Crippen molar-refractivity contribution in [2.24, 2.45) is 5.10 Å². The molecule has 2 aromatic rings. The van der Waals surface area contributed by atoms with Gasteiger partial charge in [0.2, 0.25) is 5.91 Å². The van der Waals surface area contributed by atoms with Crippen molar-refractivity contribution in [1.82, 2.24) is 0 Å². The summed E-state index contributed by atoms with van der Waals surface area (Å²) in [5, 5.41) is 8.16. The summed E-state index contributed by atoms with van der Waals surface area (Å²) in [5.74, 6) is 0.0656. The van der Waals surface area contributed by atoms with Crippen molar-refractivity contribution in [2.45, 2.75) is 19.8 Å². The van der Waals surface area contributed by atoms with E-state index in [-0.39, 0.29) is 5.91 Å². The Morgan fingerprint density at radius 2 is 1.83 bits per heavy atom. The molecule has 2 aromatic carbocycles. The molecule has 1 heterocycles. The molecular formula is C15H14N2O. The summed E-state index contributed by atoms with van der Waals surface area (Å²) in [6, 6.07) is 14.1. The Morgan fingerprint density at radius 3 is 2.67 bits per heavy atom. The van der Waals surface area contributed by atoms with E-state index in [4.69, 9.17) is 0 Å². The van der Waals surface area contributed by atoms with Crippen LogP contribution in [0.3, 0.4) is 0 Å². The van der Waals surface area contributed by atoms with Crippen molar-refractivity contribution in [3.63, 3.8) is 0 Å². The Bertz CT molecular complexity index is 646. The Kier molecular flexibility index (Phi) is 2.59. The van der Waals surface area contributed by atoms with Crippen LogP contribution >= 0.6 is 0 Å². The summed E-state index contributed by atoms with van der Waals surface area (Å²) < 4.78 is 0. The van der Waals surface area contributed by atoms with Gasteiger partial charge in [0, 0.05) is 12.1 Å². The van der Waals surface area contributed by atoms with E-state index in [1.54, 1.807) is 0 Å². The van der Waals surface area contributed by atoms with Crippen LogP contribution in [-0.4, -0.2) is 11.6 Å². The average molecular weight is 238 g/mol. The monoisotopic (exact) mass is 238 g/mol. The second-order valence-electron chi connectivity index (χ2n) is 4.57. The van der Waals surface area contributed by atoms with Crippen molar-refractivity contribution in [3.8, 4) is 0 Å². The molecule has 90 valence electrons. The summed E-state index contributed by atoms with van der Waals surface area (Å²) in [6.07, 6.45) is 1.31. The second-order valence-corrected chi connectivity index (χ2v) is 4.57. The first kappa shape index (κ1) is 11.0. The first-order valence-electron chi connectivity index (χ1n) is 6.10. The number of rotatable bonds is 1. The minimum atomic E-state index is 0.0656. The predicted molar refractivity (Wildman–Crippen MR) is 73.8 cm³/mol. The largest absolute Gasteiger partial charge is 0.273 e. The number of hydrogen-bond acceptors (Lipinski definition) is 2. The first-order valence-corrected chi connectivity index (χ1v) is 6.10. The van der Waals surface area contributed by atoms with Gasteiger partial charge in [-0.3, -0.25) is 4.79 Å². The molecular weight excluding hydrogens is 224 g/mol. The van der Waals surface area contributed by atoms with E-state index in [1.165, 1.54) is 10.4 Å². The molecule has 3 nitrogen and oxygen atoms in total. The summed E-state index contributed by atoms with van der Waals surface area (Å²) in [7, 11) is 0. The molecule has 3 heteroatoms. The fraction of sp³-hybridized carbons (Fsp3) is 0.200. The number of amides is 1. The Balaban J connectivity index is 2.08. The van der Waals surface area contributed by atoms with E-state index >= 15 is 0 Å². The van der Waals surface area contributed by atoms with Crippen molar-refractivity contribution >= 4 is 28.1 Å². The minimum absolute atomic E-state index is 0.0656. The molecule has 0 bridgehead atoms. The highest BCUT2D eigenvalue weighted by atomic mass is 16.2. The molecule has 0 unspecified atom stereocenters. The first-order chi connectivity index (χ1) is 8.74. The summed E-state index contributed by atoms with van der Waals surface area (Å²) in [6.45, 7) is 1.96. The molecule has 1 aliphatic heterocycles. The molecule has 3 rings (SSSR count). The van der Waals surface area contributed by atoms with Crippen molar-refractivity contribution in [1.29, 1.82) is 0 Å². The standard InChI is InChI=1S/C15H14N2O/c1-11-6-9-15(18)17(16-11)14-8-7-12-4-2-3-5-13(12)10-14/h2-5,7-8,10H,6,9H2,1H3. The minimum Gasteiger partial charge on any atom is -0.273 e. The fourth-order valence-electron chi connectivity index (χ4n) is 2.18. The third kappa shape index (κ3) is 1.88. The van der Waals surface area contributed by atoms with Crippen LogP contribution in [0.1, 0.15) is 19.8 Å². The number of anilines is 1. The van der Waals surface area contributed by atoms with E-state index in [0.29, 0.717) is 6.42 Å². The third-order valence-electron chi connectivity index (χ3n) is 3.19. The fourth-order valence-corrected chi connectivity index (χ4v) is 2.18. The van der Waals surface area contributed by atoms with Crippen molar-refractivity contribution in [2.75, 3.05) is 5.01 Å². The lowest BCUT2D eigenvalue weighted by Gasteiger charge is -2.22. The second kappa shape index (κ2) is 4.26. The predicted octanol–water partition coefficient (Wildman–Crippen LogP) is 3.34. The van der Waals surface area contributed by atoms with E-state index in [0.717, 1.165) is 23.2 Å². The van der Waals surface area contributed by atoms with Crippen LogP contribution in [0, 0.1) is 0 Å². The van der Waals surface area contributed by atoms with Crippen LogP contribution in [0.2, 0.25) is 0 Å². The Morgan fingerprint density at radius 1 is 1.06 bits per heavy atom. The zero-order valence-electron chi connectivity index (χ0n) is 10.3. The zero-order valence-corrected chi connectivity index (χ0v) is 10.3. The van der Waals surface area contributed by atoms with Crippen LogP contribution in [0.4, 0.5) is 5.69 Å². The summed E-state index contributed by atoms with van der Waals surface area (Å²) in [5.41, 5.74) is 1.85. The lowest BCUT2D eigenvalue weighted by Crippen LogP contribution is -2.30. The number of hydrazone groups is 1. The SMILES string of the molecule is CC1=NN(c2ccc3ccccc3c2)C(=O)CC1.